The van der Waals surface area contributed by atoms with Crippen molar-refractivity contribution in [3.63, 3.8) is 0 Å². The van der Waals surface area contributed by atoms with Crippen molar-refractivity contribution in [2.45, 2.75) is 37.5 Å². The highest BCUT2D eigenvalue weighted by atomic mass is 16.5. The van der Waals surface area contributed by atoms with Gasteiger partial charge in [0, 0.05) is 16.5 Å². The van der Waals surface area contributed by atoms with Crippen molar-refractivity contribution in [1.82, 2.24) is 0 Å². The van der Waals surface area contributed by atoms with Gasteiger partial charge in [-0.05, 0) is 80.8 Å². The third-order valence-corrected chi connectivity index (χ3v) is 10.3. The lowest BCUT2D eigenvalue weighted by molar-refractivity contribution is 0.418. The summed E-state index contributed by atoms with van der Waals surface area (Å²) in [6.07, 6.45) is 12.5. The summed E-state index contributed by atoms with van der Waals surface area (Å²) >= 11 is 0. The van der Waals surface area contributed by atoms with Crippen LogP contribution < -0.4 is 4.74 Å². The lowest BCUT2D eigenvalue weighted by atomic mass is 9.66. The fourth-order valence-corrected chi connectivity index (χ4v) is 8.08. The highest BCUT2D eigenvalue weighted by molar-refractivity contribution is 5.99. The van der Waals surface area contributed by atoms with Crippen LogP contribution in [0.3, 0.4) is 0 Å². The Hall–Kier alpha value is -5.40. The molecule has 0 saturated heterocycles. The quantitative estimate of drug-likeness (QED) is 0.130. The lowest BCUT2D eigenvalue weighted by Gasteiger charge is -2.36. The number of rotatable bonds is 7. The Kier molecular flexibility index (Phi) is 7.07. The fourth-order valence-electron chi connectivity index (χ4n) is 8.08. The van der Waals surface area contributed by atoms with Gasteiger partial charge >= 0.3 is 0 Å². The van der Waals surface area contributed by atoms with Crippen molar-refractivity contribution in [3.8, 4) is 33.8 Å². The van der Waals surface area contributed by atoms with Crippen molar-refractivity contribution >= 4 is 10.8 Å². The monoisotopic (exact) mass is 606 g/mol. The highest BCUT2D eigenvalue weighted by Gasteiger charge is 2.46. The molecule has 0 bridgehead atoms. The topological polar surface area (TPSA) is 9.23 Å². The van der Waals surface area contributed by atoms with Crippen LogP contribution in [-0.2, 0) is 10.8 Å². The first-order valence-corrected chi connectivity index (χ1v) is 16.6. The average Bonchev–Trinajstić information content (AvgIpc) is 3.40. The number of allylic oxidation sites excluding steroid dienone is 5. The zero-order valence-electron chi connectivity index (χ0n) is 27.0. The molecule has 0 saturated carbocycles. The Bertz CT molecular complexity index is 2230. The van der Waals surface area contributed by atoms with Gasteiger partial charge in [0.05, 0.1) is 5.41 Å². The van der Waals surface area contributed by atoms with Gasteiger partial charge in [-0.2, -0.15) is 0 Å². The van der Waals surface area contributed by atoms with E-state index in [0.29, 0.717) is 0 Å². The number of hydrogen-bond acceptors (Lipinski definition) is 1. The number of benzene rings is 6. The fraction of sp³-hybridized carbons (Fsp3) is 0.130. The van der Waals surface area contributed by atoms with Crippen LogP contribution in [0.1, 0.15) is 54.5 Å². The van der Waals surface area contributed by atoms with Gasteiger partial charge < -0.3 is 4.74 Å². The van der Waals surface area contributed by atoms with Crippen LogP contribution in [0.5, 0.6) is 11.5 Å². The molecule has 0 spiro atoms. The van der Waals surface area contributed by atoms with E-state index in [2.05, 4.69) is 172 Å². The molecule has 228 valence electrons. The molecule has 1 aliphatic carbocycles. The molecule has 47 heavy (non-hydrogen) atoms. The molecule has 0 amide bonds. The summed E-state index contributed by atoms with van der Waals surface area (Å²) in [5.74, 6) is 1.87. The molecule has 2 aliphatic rings. The SMILES string of the molecule is C=CC/C=C\C=C/CC1(c2ccccc2-c2ccc3c(c2)C(C)(C)c2ccccc2O3)c2ccccc2-c2ccc3ccccc3c21. The zero-order valence-corrected chi connectivity index (χ0v) is 27.0. The van der Waals surface area contributed by atoms with Gasteiger partial charge in [-0.15, -0.1) is 6.58 Å². The summed E-state index contributed by atoms with van der Waals surface area (Å²) in [7, 11) is 0. The molecule has 1 heterocycles. The smallest absolute Gasteiger partial charge is 0.131 e. The third-order valence-electron chi connectivity index (χ3n) is 10.3. The minimum absolute atomic E-state index is 0.198. The van der Waals surface area contributed by atoms with Crippen LogP contribution in [0.4, 0.5) is 0 Å². The molecular formula is C46H38O. The number of para-hydroxylation sites is 1. The molecule has 0 N–H and O–H groups in total. The Morgan fingerprint density at radius 2 is 1.26 bits per heavy atom. The predicted octanol–water partition coefficient (Wildman–Crippen LogP) is 12.3. The van der Waals surface area contributed by atoms with Crippen LogP contribution in [0.25, 0.3) is 33.0 Å². The van der Waals surface area contributed by atoms with E-state index >= 15 is 0 Å². The summed E-state index contributed by atoms with van der Waals surface area (Å²) in [4.78, 5) is 0. The second kappa shape index (κ2) is 11.4. The summed E-state index contributed by atoms with van der Waals surface area (Å²) < 4.78 is 6.47. The molecule has 8 rings (SSSR count). The second-order valence-electron chi connectivity index (χ2n) is 13.2. The number of ether oxygens (including phenoxy) is 1. The van der Waals surface area contributed by atoms with Crippen molar-refractivity contribution < 1.29 is 4.74 Å². The van der Waals surface area contributed by atoms with Gasteiger partial charge in [0.1, 0.15) is 11.5 Å². The maximum atomic E-state index is 6.47. The minimum atomic E-state index is -0.402. The largest absolute Gasteiger partial charge is 0.457 e. The first-order chi connectivity index (χ1) is 23.0. The van der Waals surface area contributed by atoms with Crippen LogP contribution in [0, 0.1) is 0 Å². The predicted molar refractivity (Wildman–Crippen MR) is 197 cm³/mol. The molecular weight excluding hydrogens is 569 g/mol. The molecule has 6 aromatic carbocycles. The maximum absolute atomic E-state index is 6.47. The Morgan fingerprint density at radius 1 is 0.596 bits per heavy atom. The molecule has 1 aliphatic heterocycles. The number of hydrogen-bond donors (Lipinski definition) is 0. The van der Waals surface area contributed by atoms with E-state index in [-0.39, 0.29) is 5.41 Å². The molecule has 0 aromatic heterocycles. The van der Waals surface area contributed by atoms with Crippen molar-refractivity contribution in [3.05, 3.63) is 192 Å². The Balaban J connectivity index is 1.39. The normalized spacial score (nSPS) is 17.2. The highest BCUT2D eigenvalue weighted by Crippen LogP contribution is 2.58. The van der Waals surface area contributed by atoms with Gasteiger partial charge in [-0.3, -0.25) is 0 Å². The molecule has 6 aromatic rings. The average molecular weight is 607 g/mol. The summed E-state index contributed by atoms with van der Waals surface area (Å²) in [5.41, 5.74) is 11.0. The van der Waals surface area contributed by atoms with E-state index < -0.39 is 5.41 Å². The molecule has 1 atom stereocenters. The van der Waals surface area contributed by atoms with Crippen LogP contribution in [0.2, 0.25) is 0 Å². The summed E-state index contributed by atoms with van der Waals surface area (Å²) in [5, 5.41) is 2.57. The Morgan fingerprint density at radius 3 is 2.09 bits per heavy atom. The molecule has 1 nitrogen and oxygen atoms in total. The lowest BCUT2D eigenvalue weighted by Crippen LogP contribution is -2.28. The summed E-state index contributed by atoms with van der Waals surface area (Å²) in [6, 6.07) is 46.8. The second-order valence-corrected chi connectivity index (χ2v) is 13.2. The van der Waals surface area contributed by atoms with Crippen LogP contribution in [-0.4, -0.2) is 0 Å². The van der Waals surface area contributed by atoms with Crippen molar-refractivity contribution in [2.75, 3.05) is 0 Å². The van der Waals surface area contributed by atoms with Gasteiger partial charge in [-0.1, -0.05) is 153 Å². The van der Waals surface area contributed by atoms with Gasteiger partial charge in [0.15, 0.2) is 0 Å². The Labute approximate surface area is 278 Å². The third kappa shape index (κ3) is 4.53. The minimum Gasteiger partial charge on any atom is -0.457 e. The van der Waals surface area contributed by atoms with E-state index in [0.717, 1.165) is 24.3 Å². The molecule has 0 radical (unpaired) electrons. The van der Waals surface area contributed by atoms with E-state index in [1.54, 1.807) is 0 Å². The van der Waals surface area contributed by atoms with Gasteiger partial charge in [-0.25, -0.2) is 0 Å². The van der Waals surface area contributed by atoms with E-state index in [1.165, 1.54) is 60.8 Å². The maximum Gasteiger partial charge on any atom is 0.131 e. The van der Waals surface area contributed by atoms with E-state index in [1.807, 2.05) is 6.08 Å². The van der Waals surface area contributed by atoms with Crippen molar-refractivity contribution in [1.29, 1.82) is 0 Å². The van der Waals surface area contributed by atoms with Crippen LogP contribution >= 0.6 is 0 Å². The standard InChI is InChI=1S/C46H38O/c1-4-5-6-7-8-17-30-46(39-23-14-12-21-36(39)37-28-26-32-18-9-10-20-35(32)44(37)46)38-22-13-11-19-34(38)33-27-29-43-41(31-33)45(2,3)40-24-15-16-25-42(40)47-43/h4,6-29,31H,1,5,30H2,2-3H3/b7-6-,17-8-. The number of fused-ring (bicyclic) bond motifs is 7. The molecule has 1 heteroatoms. The molecule has 1 unspecified atom stereocenters. The zero-order chi connectivity index (χ0) is 32.0. The summed E-state index contributed by atoms with van der Waals surface area (Å²) in [6.45, 7) is 8.49. The first-order valence-electron chi connectivity index (χ1n) is 16.6. The van der Waals surface area contributed by atoms with Gasteiger partial charge in [0.2, 0.25) is 0 Å². The molecule has 0 fully saturated rings. The first kappa shape index (κ1) is 29.0. The van der Waals surface area contributed by atoms with Crippen molar-refractivity contribution in [2.24, 2.45) is 0 Å². The van der Waals surface area contributed by atoms with E-state index in [9.17, 15) is 0 Å². The van der Waals surface area contributed by atoms with Crippen LogP contribution in [0.15, 0.2) is 164 Å². The van der Waals surface area contributed by atoms with Gasteiger partial charge in [0.25, 0.3) is 0 Å². The van der Waals surface area contributed by atoms with E-state index in [4.69, 9.17) is 4.74 Å².